The molecule has 8 aromatic rings. The first-order chi connectivity index (χ1) is 68.8. The van der Waals surface area contributed by atoms with Gasteiger partial charge in [-0.25, -0.2) is 4.79 Å². The number of imide groups is 4. The first kappa shape index (κ1) is 108. The van der Waals surface area contributed by atoms with Gasteiger partial charge >= 0.3 is 17.9 Å². The summed E-state index contributed by atoms with van der Waals surface area (Å²) < 4.78 is 9.34. The van der Waals surface area contributed by atoms with Crippen molar-refractivity contribution in [3.8, 4) is 29.3 Å². The minimum absolute atomic E-state index is 0.0148. The highest BCUT2D eigenvalue weighted by atomic mass is 32.1. The van der Waals surface area contributed by atoms with Crippen molar-refractivity contribution in [2.45, 2.75) is 174 Å². The van der Waals surface area contributed by atoms with Gasteiger partial charge < -0.3 is 56.7 Å². The lowest BCUT2D eigenvalue weighted by molar-refractivity contribution is -0.146. The van der Waals surface area contributed by atoms with Crippen LogP contribution in [0.5, 0.6) is 0 Å². The van der Waals surface area contributed by atoms with E-state index in [1.54, 1.807) is 45.0 Å². The molecular formula is C100H102N10O30S4. The zero-order chi connectivity index (χ0) is 104. The second-order valence-electron chi connectivity index (χ2n) is 35.0. The molecule has 14 amide bonds. The van der Waals surface area contributed by atoms with Crippen molar-refractivity contribution in [2.75, 3.05) is 52.5 Å². The van der Waals surface area contributed by atoms with Crippen LogP contribution in [0.1, 0.15) is 252 Å². The molecule has 0 spiro atoms. The molecule has 0 bridgehead atoms. The Morgan fingerprint density at radius 1 is 0.361 bits per heavy atom. The molecule has 4 aromatic heterocycles. The molecule has 144 heavy (non-hydrogen) atoms. The lowest BCUT2D eigenvalue weighted by Crippen LogP contribution is -2.49. The van der Waals surface area contributed by atoms with Crippen molar-refractivity contribution in [2.24, 2.45) is 23.7 Å². The molecule has 0 aliphatic carbocycles. The maximum Gasteiger partial charge on any atom is 0.329 e. The van der Waals surface area contributed by atoms with E-state index in [1.807, 2.05) is 24.3 Å². The number of nitrogens with one attached hydrogen (secondary N) is 6. The normalized spacial score (nSPS) is 14.7. The van der Waals surface area contributed by atoms with Gasteiger partial charge in [0.1, 0.15) is 19.3 Å². The van der Waals surface area contributed by atoms with E-state index < -0.39 is 254 Å². The Bertz CT molecular complexity index is 6440. The van der Waals surface area contributed by atoms with Gasteiger partial charge in [-0.3, -0.25) is 135 Å². The lowest BCUT2D eigenvalue weighted by atomic mass is 9.86. The van der Waals surface area contributed by atoms with Crippen LogP contribution >= 0.6 is 45.3 Å². The Morgan fingerprint density at radius 2 is 0.757 bits per heavy atom. The Labute approximate surface area is 837 Å². The predicted octanol–water partition coefficient (Wildman–Crippen LogP) is 9.02. The summed E-state index contributed by atoms with van der Waals surface area (Å²) in [6, 6.07) is 19.5. The number of benzene rings is 4. The van der Waals surface area contributed by atoms with Crippen molar-refractivity contribution in [1.29, 1.82) is 0 Å². The molecule has 12 rings (SSSR count). The van der Waals surface area contributed by atoms with Crippen LogP contribution in [0.2, 0.25) is 0 Å². The van der Waals surface area contributed by atoms with Crippen molar-refractivity contribution in [3.63, 3.8) is 0 Å². The summed E-state index contributed by atoms with van der Waals surface area (Å²) in [5, 5.41) is 44.3. The molecule has 0 saturated heterocycles. The third-order valence-electron chi connectivity index (χ3n) is 25.0. The van der Waals surface area contributed by atoms with Crippen LogP contribution < -0.4 is 31.9 Å². The molecule has 756 valence electrons. The maximum absolute atomic E-state index is 14.3. The van der Waals surface area contributed by atoms with E-state index in [0.29, 0.717) is 22.6 Å². The SMILES string of the molecule is CCCN1C(=O)c2ccc3c4c(ccc(c24)C1=O)C(=O)N(CCCC[C@H](CC(=O)CNC(=O)CCC(=O)c1ccc(-c2ccc(-c4ccc(-c5ccc(C(=O)NCC(=O)CCC(=O)N[C@@H](CCCCN6C(=O)c7ccc8c9c(ccc(c79)C6=O)C(=O)N(CCC)C8=O)C(=O)C[C@@H](CC(=O)O)C(=O)N[C@@H](C)C(=O)C[C@@H](CC)C(=O)O)s5)s4)s2)s1)C(=O)N[C@@H](COC=O)C(=O)C[C@@H](C)C(=O)N[C@@H](COC=O)C(=O)O)C3=O. The van der Waals surface area contributed by atoms with Crippen molar-refractivity contribution >= 4 is 215 Å². The Morgan fingerprint density at radius 3 is 1.20 bits per heavy atom. The molecule has 44 heteroatoms. The third-order valence-corrected chi connectivity index (χ3v) is 30.0. The Balaban J connectivity index is 0.620. The molecule has 9 N–H and O–H groups in total. The fourth-order valence-corrected chi connectivity index (χ4v) is 21.5. The summed E-state index contributed by atoms with van der Waals surface area (Å²) in [4.78, 5) is 342. The number of carbonyl (C=O) groups is 25. The largest absolute Gasteiger partial charge is 0.481 e. The Kier molecular flexibility index (Phi) is 36.4. The lowest BCUT2D eigenvalue weighted by Gasteiger charge is -2.32. The fourth-order valence-electron chi connectivity index (χ4n) is 17.3. The average molecular weight is 2050 g/mol. The van der Waals surface area contributed by atoms with E-state index in [2.05, 4.69) is 36.6 Å². The molecule has 0 fully saturated rings. The monoisotopic (exact) mass is 2050 g/mol. The summed E-state index contributed by atoms with van der Waals surface area (Å²) in [5.41, 5.74) is 0.863. The van der Waals surface area contributed by atoms with Crippen molar-refractivity contribution < 1.29 is 145 Å². The van der Waals surface area contributed by atoms with Crippen LogP contribution in [-0.2, 0) is 81.4 Å². The molecule has 0 radical (unpaired) electrons. The number of carboxylic acid groups (broad SMARTS) is 3. The zero-order valence-corrected chi connectivity index (χ0v) is 81.9. The van der Waals surface area contributed by atoms with Crippen LogP contribution in [0.25, 0.3) is 50.8 Å². The van der Waals surface area contributed by atoms with E-state index in [1.165, 1.54) is 96.4 Å². The van der Waals surface area contributed by atoms with Gasteiger partial charge in [0.2, 0.25) is 29.5 Å². The third kappa shape index (κ3) is 25.2. The smallest absolute Gasteiger partial charge is 0.329 e. The number of carboxylic acids is 3. The fraction of sp³-hybridized carbons (Fsp3) is 0.390. The zero-order valence-electron chi connectivity index (χ0n) is 78.7. The van der Waals surface area contributed by atoms with Gasteiger partial charge in [-0.2, -0.15) is 0 Å². The standard InChI is InChI=1S/C100H102N10O30S4/c1-6-35-107-91(127)57-16-20-61-85-62(21-17-58(83(57)85)92(107)128)96(132)109(95(61)131)37-11-9-13-53(88(124)105-66(46-139-48-111)70(117)39-50(4)87(123)106-67(100(137)138)47-140-49-112)40-56(114)45-101-80(119)34-24-68(115)72-25-26-73(141-72)74-27-28-75(142-74)76-29-30-77(143-76)78-31-32-79(144-78)90(126)102-44-55(113)15-33-81(120)104-65(71(118)42-54(43-82(121)122)89(125)103-51(5)69(116)41-52(8-3)99(135)136)14-10-12-38-110-97(133)63-22-18-59-84-60(19-23-64(86(63)84)98(110)134)94(130)108(36-7-2)93(59)129/h16-23,25-32,48-54,65-67H,6-15,24,33-47H2,1-5H3,(H,101,119)(H,102,126)(H,103,125)(H,104,120)(H,105,124)(H,106,123)(H,121,122)(H,135,136)(H,137,138)/t50-,51+,52-,53-,54+,65+,66+,67+/m1/s1. The highest BCUT2D eigenvalue weighted by Crippen LogP contribution is 2.45. The first-order valence-corrected chi connectivity index (χ1v) is 49.8. The van der Waals surface area contributed by atoms with Crippen LogP contribution in [0.3, 0.4) is 0 Å². The first-order valence-electron chi connectivity index (χ1n) is 46.5. The van der Waals surface area contributed by atoms with E-state index in [4.69, 9.17) is 4.74 Å². The van der Waals surface area contributed by atoms with Crippen LogP contribution in [-0.4, -0.2) is 260 Å². The van der Waals surface area contributed by atoms with E-state index in [9.17, 15) is 135 Å². The van der Waals surface area contributed by atoms with Gasteiger partial charge in [-0.05, 0) is 155 Å². The maximum atomic E-state index is 14.3. The molecule has 4 aromatic carbocycles. The molecule has 8 atom stereocenters. The van der Waals surface area contributed by atoms with Crippen LogP contribution in [0.4, 0.5) is 0 Å². The summed E-state index contributed by atoms with van der Waals surface area (Å²) in [7, 11) is 0. The number of carbonyl (C=O) groups excluding carboxylic acids is 22. The number of hydrogen-bond donors (Lipinski definition) is 9. The summed E-state index contributed by atoms with van der Waals surface area (Å²) in [6.07, 6.45) is -4.17. The quantitative estimate of drug-likeness (QED) is 0.00742. The minimum atomic E-state index is -1.70. The predicted molar refractivity (Wildman–Crippen MR) is 518 cm³/mol. The van der Waals surface area contributed by atoms with Crippen LogP contribution in [0, 0.1) is 23.7 Å². The number of rotatable bonds is 58. The summed E-state index contributed by atoms with van der Waals surface area (Å²) >= 11 is 5.18. The number of unbranched alkanes of at least 4 members (excludes halogenated alkanes) is 2. The van der Waals surface area contributed by atoms with E-state index >= 15 is 0 Å². The van der Waals surface area contributed by atoms with E-state index in [-0.39, 0.29) is 168 Å². The van der Waals surface area contributed by atoms with Crippen molar-refractivity contribution in [3.05, 3.63) is 151 Å². The highest BCUT2D eigenvalue weighted by molar-refractivity contribution is 7.29. The number of nitrogens with zero attached hydrogens (tertiary/aromatic N) is 4. The highest BCUT2D eigenvalue weighted by Gasteiger charge is 2.44. The van der Waals surface area contributed by atoms with Gasteiger partial charge in [0, 0.05) is 185 Å². The van der Waals surface area contributed by atoms with Crippen molar-refractivity contribution in [1.82, 2.24) is 51.5 Å². The average Bonchev–Trinajstić information content (AvgIpc) is 0.755. The number of aliphatic carboxylic acids is 3. The molecule has 4 aliphatic rings. The van der Waals surface area contributed by atoms with Gasteiger partial charge in [-0.1, -0.05) is 34.1 Å². The summed E-state index contributed by atoms with van der Waals surface area (Å²) in [5.74, 6) is -23.9. The molecular weight excluding hydrogens is 1950 g/mol. The topological polar surface area (TPSA) is 591 Å². The van der Waals surface area contributed by atoms with Gasteiger partial charge in [0.05, 0.1) is 53.2 Å². The summed E-state index contributed by atoms with van der Waals surface area (Å²) in [6.45, 7) is 4.83. The number of hydrogen-bond acceptors (Lipinski definition) is 31. The van der Waals surface area contributed by atoms with Gasteiger partial charge in [0.15, 0.2) is 40.7 Å². The van der Waals surface area contributed by atoms with Crippen LogP contribution in [0.15, 0.2) is 97.1 Å². The molecule has 4 aliphatic heterocycles. The molecule has 40 nitrogen and oxygen atoms in total. The minimum Gasteiger partial charge on any atom is -0.481 e. The number of amides is 14. The second-order valence-corrected chi connectivity index (χ2v) is 39.4. The van der Waals surface area contributed by atoms with Gasteiger partial charge in [-0.15, -0.1) is 45.3 Å². The Hall–Kier alpha value is -15.0. The second kappa shape index (κ2) is 48.6. The van der Waals surface area contributed by atoms with E-state index in [0.717, 1.165) is 55.3 Å². The molecule has 0 unspecified atom stereocenters. The molecule has 0 saturated carbocycles. The number of ether oxygens (including phenoxy) is 2. The number of Topliss-reactive ketones (excluding diaryl/α,β-unsaturated/α-hetero) is 6. The van der Waals surface area contributed by atoms with Gasteiger partial charge in [0.25, 0.3) is 66.1 Å². The number of ketones is 6. The number of thiophene rings is 4. The molecule has 8 heterocycles.